The van der Waals surface area contributed by atoms with Crippen molar-refractivity contribution in [1.29, 1.82) is 0 Å². The molecular weight excluding hydrogens is 196 g/mol. The van der Waals surface area contributed by atoms with Crippen molar-refractivity contribution in [2.75, 3.05) is 0 Å². The second-order valence-electron chi connectivity index (χ2n) is 4.75. The van der Waals surface area contributed by atoms with Gasteiger partial charge in [-0.25, -0.2) is 0 Å². The molecule has 0 aliphatic heterocycles. The van der Waals surface area contributed by atoms with Gasteiger partial charge in [-0.3, -0.25) is 0 Å². The van der Waals surface area contributed by atoms with Gasteiger partial charge in [0.25, 0.3) is 0 Å². The maximum Gasteiger partial charge on any atom is 0.0180 e. The molecule has 0 spiro atoms. The SMILES string of the molecule is CC(C)CCCc1c(CN)cccc1CN. The van der Waals surface area contributed by atoms with Crippen LogP contribution in [-0.2, 0) is 19.5 Å². The van der Waals surface area contributed by atoms with Crippen LogP contribution in [0.3, 0.4) is 0 Å². The van der Waals surface area contributed by atoms with Crippen molar-refractivity contribution in [1.82, 2.24) is 0 Å². The van der Waals surface area contributed by atoms with E-state index in [1.165, 1.54) is 29.5 Å². The second-order valence-corrected chi connectivity index (χ2v) is 4.75. The first kappa shape index (κ1) is 13.2. The summed E-state index contributed by atoms with van der Waals surface area (Å²) < 4.78 is 0. The number of hydrogen-bond donors (Lipinski definition) is 2. The average molecular weight is 220 g/mol. The van der Waals surface area contributed by atoms with E-state index in [0.717, 1.165) is 12.3 Å². The van der Waals surface area contributed by atoms with Gasteiger partial charge in [-0.1, -0.05) is 38.5 Å². The van der Waals surface area contributed by atoms with Gasteiger partial charge in [-0.05, 0) is 35.4 Å². The predicted octanol–water partition coefficient (Wildman–Crippen LogP) is 2.58. The lowest BCUT2D eigenvalue weighted by molar-refractivity contribution is 0.554. The third-order valence-corrected chi connectivity index (χ3v) is 3.02. The van der Waals surface area contributed by atoms with Crippen LogP contribution < -0.4 is 11.5 Å². The van der Waals surface area contributed by atoms with Gasteiger partial charge in [0.1, 0.15) is 0 Å². The Kier molecular flexibility index (Phi) is 5.50. The molecule has 0 heterocycles. The molecule has 1 aromatic rings. The molecular formula is C14H24N2. The van der Waals surface area contributed by atoms with Gasteiger partial charge in [-0.2, -0.15) is 0 Å². The zero-order chi connectivity index (χ0) is 12.0. The highest BCUT2D eigenvalue weighted by atomic mass is 14.5. The highest BCUT2D eigenvalue weighted by Crippen LogP contribution is 2.18. The van der Waals surface area contributed by atoms with Crippen molar-refractivity contribution in [3.63, 3.8) is 0 Å². The Morgan fingerprint density at radius 3 is 2.06 bits per heavy atom. The molecule has 4 N–H and O–H groups in total. The molecule has 0 atom stereocenters. The Hall–Kier alpha value is -0.860. The Morgan fingerprint density at radius 1 is 1.06 bits per heavy atom. The van der Waals surface area contributed by atoms with Gasteiger partial charge in [0, 0.05) is 13.1 Å². The largest absolute Gasteiger partial charge is 0.326 e. The molecule has 0 aliphatic carbocycles. The number of hydrogen-bond acceptors (Lipinski definition) is 2. The minimum absolute atomic E-state index is 0.616. The van der Waals surface area contributed by atoms with E-state index in [9.17, 15) is 0 Å². The highest BCUT2D eigenvalue weighted by molar-refractivity contribution is 5.35. The molecule has 0 bridgehead atoms. The summed E-state index contributed by atoms with van der Waals surface area (Å²) >= 11 is 0. The smallest absolute Gasteiger partial charge is 0.0180 e. The molecule has 0 aliphatic rings. The van der Waals surface area contributed by atoms with E-state index in [1.807, 2.05) is 0 Å². The number of rotatable bonds is 6. The van der Waals surface area contributed by atoms with E-state index < -0.39 is 0 Å². The molecule has 90 valence electrons. The predicted molar refractivity (Wildman–Crippen MR) is 70.0 cm³/mol. The van der Waals surface area contributed by atoms with E-state index in [0.29, 0.717) is 13.1 Å². The van der Waals surface area contributed by atoms with Crippen LogP contribution in [0.25, 0.3) is 0 Å². The molecule has 1 rings (SSSR count). The van der Waals surface area contributed by atoms with Crippen molar-refractivity contribution in [3.8, 4) is 0 Å². The second kappa shape index (κ2) is 6.66. The molecule has 0 fully saturated rings. The summed E-state index contributed by atoms with van der Waals surface area (Å²) in [6.45, 7) is 5.76. The van der Waals surface area contributed by atoms with Crippen molar-refractivity contribution in [3.05, 3.63) is 34.9 Å². The Bertz CT molecular complexity index is 296. The Balaban J connectivity index is 2.74. The summed E-state index contributed by atoms with van der Waals surface area (Å²) in [4.78, 5) is 0. The van der Waals surface area contributed by atoms with E-state index in [2.05, 4.69) is 32.0 Å². The molecule has 0 radical (unpaired) electrons. The van der Waals surface area contributed by atoms with Crippen LogP contribution in [0.4, 0.5) is 0 Å². The summed E-state index contributed by atoms with van der Waals surface area (Å²) in [6, 6.07) is 6.28. The van der Waals surface area contributed by atoms with Crippen molar-refractivity contribution >= 4 is 0 Å². The van der Waals surface area contributed by atoms with E-state index in [4.69, 9.17) is 11.5 Å². The molecule has 0 aromatic heterocycles. The normalized spacial score (nSPS) is 11.1. The molecule has 0 unspecified atom stereocenters. The fourth-order valence-corrected chi connectivity index (χ4v) is 2.08. The molecule has 16 heavy (non-hydrogen) atoms. The zero-order valence-corrected chi connectivity index (χ0v) is 10.5. The van der Waals surface area contributed by atoms with E-state index in [1.54, 1.807) is 0 Å². The first-order valence-electron chi connectivity index (χ1n) is 6.18. The monoisotopic (exact) mass is 220 g/mol. The zero-order valence-electron chi connectivity index (χ0n) is 10.5. The highest BCUT2D eigenvalue weighted by Gasteiger charge is 2.06. The topological polar surface area (TPSA) is 52.0 Å². The summed E-state index contributed by atoms with van der Waals surface area (Å²) in [5, 5.41) is 0. The molecule has 0 amide bonds. The van der Waals surface area contributed by atoms with Crippen LogP contribution in [0.5, 0.6) is 0 Å². The van der Waals surface area contributed by atoms with Crippen LogP contribution in [0.2, 0.25) is 0 Å². The van der Waals surface area contributed by atoms with Gasteiger partial charge in [0.15, 0.2) is 0 Å². The summed E-state index contributed by atoms with van der Waals surface area (Å²) in [5.74, 6) is 0.770. The Morgan fingerprint density at radius 2 is 1.62 bits per heavy atom. The first-order valence-corrected chi connectivity index (χ1v) is 6.18. The van der Waals surface area contributed by atoms with Crippen molar-refractivity contribution < 1.29 is 0 Å². The summed E-state index contributed by atoms with van der Waals surface area (Å²) in [6.07, 6.45) is 3.60. The number of benzene rings is 1. The fourth-order valence-electron chi connectivity index (χ4n) is 2.08. The van der Waals surface area contributed by atoms with Gasteiger partial charge in [-0.15, -0.1) is 0 Å². The molecule has 0 saturated heterocycles. The van der Waals surface area contributed by atoms with E-state index in [-0.39, 0.29) is 0 Å². The molecule has 2 heteroatoms. The van der Waals surface area contributed by atoms with Gasteiger partial charge < -0.3 is 11.5 Å². The van der Waals surface area contributed by atoms with Gasteiger partial charge in [0.05, 0.1) is 0 Å². The number of nitrogens with two attached hydrogens (primary N) is 2. The standard InChI is InChI=1S/C14H24N2/c1-11(2)5-3-8-14-12(9-15)6-4-7-13(14)10-16/h4,6-7,11H,3,5,8-10,15-16H2,1-2H3. The first-order chi connectivity index (χ1) is 7.69. The third-order valence-electron chi connectivity index (χ3n) is 3.02. The van der Waals surface area contributed by atoms with Crippen LogP contribution in [0, 0.1) is 5.92 Å². The molecule has 2 nitrogen and oxygen atoms in total. The van der Waals surface area contributed by atoms with Crippen LogP contribution in [-0.4, -0.2) is 0 Å². The lowest BCUT2D eigenvalue weighted by atomic mass is 9.94. The third kappa shape index (κ3) is 3.62. The van der Waals surface area contributed by atoms with Crippen LogP contribution in [0.1, 0.15) is 43.4 Å². The summed E-state index contributed by atoms with van der Waals surface area (Å²) in [5.41, 5.74) is 15.4. The fraction of sp³-hybridized carbons (Fsp3) is 0.571. The van der Waals surface area contributed by atoms with E-state index >= 15 is 0 Å². The lowest BCUT2D eigenvalue weighted by Crippen LogP contribution is -2.08. The minimum atomic E-state index is 0.616. The van der Waals surface area contributed by atoms with Gasteiger partial charge in [0.2, 0.25) is 0 Å². The molecule has 1 aromatic carbocycles. The van der Waals surface area contributed by atoms with Gasteiger partial charge >= 0.3 is 0 Å². The maximum atomic E-state index is 5.76. The van der Waals surface area contributed by atoms with Crippen molar-refractivity contribution in [2.24, 2.45) is 17.4 Å². The Labute approximate surface area is 99.0 Å². The van der Waals surface area contributed by atoms with Crippen LogP contribution >= 0.6 is 0 Å². The summed E-state index contributed by atoms with van der Waals surface area (Å²) in [7, 11) is 0. The van der Waals surface area contributed by atoms with Crippen molar-refractivity contribution in [2.45, 2.75) is 46.2 Å². The quantitative estimate of drug-likeness (QED) is 0.774. The minimum Gasteiger partial charge on any atom is -0.326 e. The average Bonchev–Trinajstić information content (AvgIpc) is 2.28. The maximum absolute atomic E-state index is 5.76. The van der Waals surface area contributed by atoms with Crippen LogP contribution in [0.15, 0.2) is 18.2 Å². The lowest BCUT2D eigenvalue weighted by Gasteiger charge is -2.13. The molecule has 0 saturated carbocycles.